The number of para-hydroxylation sites is 5. The van der Waals surface area contributed by atoms with Crippen molar-refractivity contribution in [2.75, 3.05) is 0 Å². The van der Waals surface area contributed by atoms with Crippen molar-refractivity contribution in [1.29, 1.82) is 0 Å². The number of nitrogens with zero attached hydrogens (tertiary/aromatic N) is 4. The van der Waals surface area contributed by atoms with Gasteiger partial charge in [0.25, 0.3) is 5.69 Å². The molecule has 0 saturated carbocycles. The molecule has 0 aliphatic rings. The minimum atomic E-state index is -0.392. The van der Waals surface area contributed by atoms with Gasteiger partial charge in [-0.05, 0) is 30.3 Å². The van der Waals surface area contributed by atoms with Crippen LogP contribution in [0.15, 0.2) is 72.8 Å². The third kappa shape index (κ3) is 3.08. The molecule has 1 N–H and O–H groups in total. The second kappa shape index (κ2) is 6.79. The van der Waals surface area contributed by atoms with Crippen molar-refractivity contribution >= 4 is 27.8 Å². The van der Waals surface area contributed by atoms with E-state index in [-0.39, 0.29) is 5.69 Å². The highest BCUT2D eigenvalue weighted by molar-refractivity contribution is 5.81. The lowest BCUT2D eigenvalue weighted by molar-refractivity contribution is -0.384. The van der Waals surface area contributed by atoms with E-state index >= 15 is 0 Å². The number of rotatable bonds is 4. The minimum absolute atomic E-state index is 0.00272. The maximum atomic E-state index is 11.6. The second-order valence-corrected chi connectivity index (χ2v) is 6.66. The SMILES string of the molecule is O=[N+]([O-])c1ccccc1-c1nc2ccccc2nc1Cc1nc2ccccc2[nH]1. The molecule has 140 valence electrons. The summed E-state index contributed by atoms with van der Waals surface area (Å²) in [7, 11) is 0. The van der Waals surface area contributed by atoms with Crippen molar-refractivity contribution in [1.82, 2.24) is 19.9 Å². The first-order chi connectivity index (χ1) is 14.2. The van der Waals surface area contributed by atoms with Crippen LogP contribution >= 0.6 is 0 Å². The van der Waals surface area contributed by atoms with Gasteiger partial charge in [0, 0.05) is 6.07 Å². The van der Waals surface area contributed by atoms with E-state index < -0.39 is 4.92 Å². The Morgan fingerprint density at radius 2 is 1.45 bits per heavy atom. The molecule has 0 amide bonds. The topological polar surface area (TPSA) is 97.6 Å². The van der Waals surface area contributed by atoms with E-state index in [1.165, 1.54) is 6.07 Å². The van der Waals surface area contributed by atoms with Crippen molar-refractivity contribution in [3.8, 4) is 11.3 Å². The monoisotopic (exact) mass is 381 g/mol. The van der Waals surface area contributed by atoms with Crippen LogP contribution in [0, 0.1) is 10.1 Å². The second-order valence-electron chi connectivity index (χ2n) is 6.66. The summed E-state index contributed by atoms with van der Waals surface area (Å²) in [5, 5.41) is 11.6. The zero-order valence-corrected chi connectivity index (χ0v) is 15.2. The average molecular weight is 381 g/mol. The molecule has 7 heteroatoms. The first-order valence-electron chi connectivity index (χ1n) is 9.12. The first-order valence-corrected chi connectivity index (χ1v) is 9.12. The van der Waals surface area contributed by atoms with E-state index in [1.807, 2.05) is 48.5 Å². The van der Waals surface area contributed by atoms with Gasteiger partial charge in [-0.15, -0.1) is 0 Å². The zero-order valence-electron chi connectivity index (χ0n) is 15.2. The van der Waals surface area contributed by atoms with Gasteiger partial charge >= 0.3 is 0 Å². The van der Waals surface area contributed by atoms with E-state index in [4.69, 9.17) is 9.97 Å². The number of H-pyrrole nitrogens is 1. The number of hydrogen-bond acceptors (Lipinski definition) is 5. The number of aromatic nitrogens is 4. The molecule has 5 rings (SSSR count). The van der Waals surface area contributed by atoms with Gasteiger partial charge in [-0.2, -0.15) is 0 Å². The lowest BCUT2D eigenvalue weighted by Crippen LogP contribution is -2.03. The average Bonchev–Trinajstić information content (AvgIpc) is 3.15. The number of nitro benzene ring substituents is 1. The van der Waals surface area contributed by atoms with Gasteiger partial charge in [0.15, 0.2) is 0 Å². The largest absolute Gasteiger partial charge is 0.342 e. The van der Waals surface area contributed by atoms with Gasteiger partial charge in [0.2, 0.25) is 0 Å². The Morgan fingerprint density at radius 3 is 2.21 bits per heavy atom. The van der Waals surface area contributed by atoms with Gasteiger partial charge in [0.1, 0.15) is 5.82 Å². The Kier molecular flexibility index (Phi) is 3.98. The predicted octanol–water partition coefficient (Wildman–Crippen LogP) is 4.67. The highest BCUT2D eigenvalue weighted by Crippen LogP contribution is 2.32. The Hall–Kier alpha value is -4.13. The molecule has 0 aliphatic heterocycles. The smallest absolute Gasteiger partial charge is 0.278 e. The summed E-state index contributed by atoms with van der Waals surface area (Å²) in [6.45, 7) is 0. The van der Waals surface area contributed by atoms with Crippen molar-refractivity contribution < 1.29 is 4.92 Å². The Balaban J connectivity index is 1.71. The van der Waals surface area contributed by atoms with E-state index in [0.717, 1.165) is 22.4 Å². The summed E-state index contributed by atoms with van der Waals surface area (Å²) in [6.07, 6.45) is 0.383. The first kappa shape index (κ1) is 17.0. The fraction of sp³-hybridized carbons (Fsp3) is 0.0455. The molecule has 2 heterocycles. The lowest BCUT2D eigenvalue weighted by Gasteiger charge is -2.10. The molecule has 2 aromatic heterocycles. The number of aromatic amines is 1. The highest BCUT2D eigenvalue weighted by Gasteiger charge is 2.21. The molecule has 0 spiro atoms. The molecule has 0 unspecified atom stereocenters. The highest BCUT2D eigenvalue weighted by atomic mass is 16.6. The van der Waals surface area contributed by atoms with Gasteiger partial charge < -0.3 is 4.98 Å². The third-order valence-electron chi connectivity index (χ3n) is 4.77. The molecule has 0 saturated heterocycles. The summed E-state index contributed by atoms with van der Waals surface area (Å²) >= 11 is 0. The standard InChI is InChI=1S/C22H15N5O2/c28-27(29)20-12-6-1-7-14(20)22-19(23-15-8-2-5-11-18(15)26-22)13-21-24-16-9-3-4-10-17(16)25-21/h1-12H,13H2,(H,24,25). The number of hydrogen-bond donors (Lipinski definition) is 1. The summed E-state index contributed by atoms with van der Waals surface area (Å²) < 4.78 is 0. The molecule has 0 atom stereocenters. The number of benzene rings is 3. The maximum absolute atomic E-state index is 11.6. The van der Waals surface area contributed by atoms with Crippen molar-refractivity contribution in [3.63, 3.8) is 0 Å². The van der Waals surface area contributed by atoms with Gasteiger partial charge in [-0.25, -0.2) is 15.0 Å². The summed E-state index contributed by atoms with van der Waals surface area (Å²) in [5.41, 5.74) is 4.81. The van der Waals surface area contributed by atoms with E-state index in [9.17, 15) is 10.1 Å². The number of fused-ring (bicyclic) bond motifs is 2. The van der Waals surface area contributed by atoms with Crippen LogP contribution in [0.25, 0.3) is 33.3 Å². The van der Waals surface area contributed by atoms with Crippen molar-refractivity contribution in [2.45, 2.75) is 6.42 Å². The molecule has 0 radical (unpaired) electrons. The Morgan fingerprint density at radius 1 is 0.793 bits per heavy atom. The maximum Gasteiger partial charge on any atom is 0.278 e. The normalized spacial score (nSPS) is 11.2. The van der Waals surface area contributed by atoms with Gasteiger partial charge in [-0.1, -0.05) is 36.4 Å². The van der Waals surface area contributed by atoms with E-state index in [1.54, 1.807) is 18.2 Å². The van der Waals surface area contributed by atoms with Crippen LogP contribution in [-0.4, -0.2) is 24.9 Å². The number of nitrogens with one attached hydrogen (secondary N) is 1. The quantitative estimate of drug-likeness (QED) is 0.360. The molecule has 0 bridgehead atoms. The Bertz CT molecular complexity index is 1340. The fourth-order valence-corrected chi connectivity index (χ4v) is 3.46. The molecule has 0 aliphatic carbocycles. The van der Waals surface area contributed by atoms with Crippen LogP contribution in [-0.2, 0) is 6.42 Å². The molecular weight excluding hydrogens is 366 g/mol. The predicted molar refractivity (Wildman–Crippen MR) is 111 cm³/mol. The third-order valence-corrected chi connectivity index (χ3v) is 4.77. The fourth-order valence-electron chi connectivity index (χ4n) is 3.46. The van der Waals surface area contributed by atoms with Crippen LogP contribution in [0.5, 0.6) is 0 Å². The van der Waals surface area contributed by atoms with E-state index in [2.05, 4.69) is 9.97 Å². The summed E-state index contributed by atoms with van der Waals surface area (Å²) in [6, 6.07) is 21.9. The molecular formula is C22H15N5O2. The number of imidazole rings is 1. The minimum Gasteiger partial charge on any atom is -0.342 e. The van der Waals surface area contributed by atoms with Crippen LogP contribution in [0.4, 0.5) is 5.69 Å². The number of nitro groups is 1. The molecule has 29 heavy (non-hydrogen) atoms. The Labute approximate surface area is 165 Å². The van der Waals surface area contributed by atoms with Gasteiger partial charge in [0.05, 0.1) is 50.4 Å². The van der Waals surface area contributed by atoms with Crippen LogP contribution < -0.4 is 0 Å². The molecule has 5 aromatic rings. The van der Waals surface area contributed by atoms with Gasteiger partial charge in [-0.3, -0.25) is 10.1 Å². The van der Waals surface area contributed by atoms with Crippen LogP contribution in [0.2, 0.25) is 0 Å². The van der Waals surface area contributed by atoms with Crippen LogP contribution in [0.1, 0.15) is 11.5 Å². The molecule has 7 nitrogen and oxygen atoms in total. The van der Waals surface area contributed by atoms with Crippen molar-refractivity contribution in [2.24, 2.45) is 0 Å². The van der Waals surface area contributed by atoms with Crippen LogP contribution in [0.3, 0.4) is 0 Å². The summed E-state index contributed by atoms with van der Waals surface area (Å²) in [4.78, 5) is 28.6. The summed E-state index contributed by atoms with van der Waals surface area (Å²) in [5.74, 6) is 0.732. The zero-order chi connectivity index (χ0) is 19.8. The van der Waals surface area contributed by atoms with Crippen molar-refractivity contribution in [3.05, 3.63) is 94.4 Å². The lowest BCUT2D eigenvalue weighted by atomic mass is 10.0. The molecule has 3 aromatic carbocycles. The van der Waals surface area contributed by atoms with E-state index in [0.29, 0.717) is 28.9 Å². The molecule has 0 fully saturated rings.